The van der Waals surface area contributed by atoms with Gasteiger partial charge in [0.05, 0.1) is 15.5 Å². The van der Waals surface area contributed by atoms with Crippen molar-refractivity contribution in [2.24, 2.45) is 0 Å². The molecule has 0 spiro atoms. The van der Waals surface area contributed by atoms with Crippen LogP contribution in [-0.2, 0) is 14.8 Å². The summed E-state index contributed by atoms with van der Waals surface area (Å²) in [6.07, 6.45) is 2.81. The molecule has 0 radical (unpaired) electrons. The normalized spacial score (nSPS) is 20.4. The lowest BCUT2D eigenvalue weighted by molar-refractivity contribution is 0.0200. The molecule has 0 saturated carbocycles. The molecule has 1 heterocycles. The molecular formula is C12H15BrFNO3S. The molecule has 19 heavy (non-hydrogen) atoms. The van der Waals surface area contributed by atoms with Gasteiger partial charge < -0.3 is 4.74 Å². The standard InChI is InChI=1S/C12H15BrFNO3S/c13-11-5-4-10(7-12(11)14)19(16,17)15-8-9-3-1-2-6-18-9/h4-5,7,9,15H,1-3,6,8H2. The SMILES string of the molecule is O=S(=O)(NCC1CCCCO1)c1ccc(Br)c(F)c1. The van der Waals surface area contributed by atoms with Crippen LogP contribution in [0.5, 0.6) is 0 Å². The number of sulfonamides is 1. The van der Waals surface area contributed by atoms with Crippen LogP contribution in [0, 0.1) is 5.82 Å². The van der Waals surface area contributed by atoms with Gasteiger partial charge in [0.2, 0.25) is 10.0 Å². The smallest absolute Gasteiger partial charge is 0.240 e. The third-order valence-electron chi connectivity index (χ3n) is 2.98. The highest BCUT2D eigenvalue weighted by atomic mass is 79.9. The van der Waals surface area contributed by atoms with E-state index in [1.54, 1.807) is 0 Å². The zero-order chi connectivity index (χ0) is 13.9. The summed E-state index contributed by atoms with van der Waals surface area (Å²) in [6, 6.07) is 3.73. The minimum atomic E-state index is -3.69. The van der Waals surface area contributed by atoms with Crippen LogP contribution in [0.4, 0.5) is 4.39 Å². The summed E-state index contributed by atoms with van der Waals surface area (Å²) in [5.74, 6) is -0.600. The zero-order valence-electron chi connectivity index (χ0n) is 10.2. The molecule has 0 bridgehead atoms. The van der Waals surface area contributed by atoms with Crippen LogP contribution in [0.3, 0.4) is 0 Å². The zero-order valence-corrected chi connectivity index (χ0v) is 12.6. The Balaban J connectivity index is 2.02. The summed E-state index contributed by atoms with van der Waals surface area (Å²) in [4.78, 5) is -0.0796. The number of nitrogens with one attached hydrogen (secondary N) is 1. The number of hydrogen-bond donors (Lipinski definition) is 1. The summed E-state index contributed by atoms with van der Waals surface area (Å²) in [5, 5.41) is 0. The highest BCUT2D eigenvalue weighted by Crippen LogP contribution is 2.19. The minimum absolute atomic E-state index is 0.0796. The van der Waals surface area contributed by atoms with Crippen molar-refractivity contribution >= 4 is 26.0 Å². The molecule has 7 heteroatoms. The van der Waals surface area contributed by atoms with Crippen molar-refractivity contribution in [1.82, 2.24) is 4.72 Å². The topological polar surface area (TPSA) is 55.4 Å². The molecule has 1 aromatic rings. The van der Waals surface area contributed by atoms with E-state index in [9.17, 15) is 12.8 Å². The maximum absolute atomic E-state index is 13.3. The summed E-state index contributed by atoms with van der Waals surface area (Å²) < 4.78 is 45.5. The van der Waals surface area contributed by atoms with Crippen molar-refractivity contribution in [2.45, 2.75) is 30.3 Å². The fraction of sp³-hybridized carbons (Fsp3) is 0.500. The lowest BCUT2D eigenvalue weighted by Gasteiger charge is -2.22. The first kappa shape index (κ1) is 14.9. The molecule has 1 aliphatic heterocycles. The first-order chi connectivity index (χ1) is 8.99. The summed E-state index contributed by atoms with van der Waals surface area (Å²) >= 11 is 2.99. The van der Waals surface area contributed by atoms with E-state index in [1.807, 2.05) is 0 Å². The van der Waals surface area contributed by atoms with E-state index in [-0.39, 0.29) is 22.0 Å². The maximum Gasteiger partial charge on any atom is 0.240 e. The van der Waals surface area contributed by atoms with Crippen molar-refractivity contribution in [3.05, 3.63) is 28.5 Å². The van der Waals surface area contributed by atoms with Crippen LogP contribution in [0.1, 0.15) is 19.3 Å². The predicted molar refractivity (Wildman–Crippen MR) is 72.9 cm³/mol. The van der Waals surface area contributed by atoms with E-state index >= 15 is 0 Å². The second kappa shape index (κ2) is 6.30. The molecule has 0 amide bonds. The van der Waals surface area contributed by atoms with Crippen molar-refractivity contribution in [3.63, 3.8) is 0 Å². The molecule has 106 valence electrons. The first-order valence-electron chi connectivity index (χ1n) is 6.05. The number of hydrogen-bond acceptors (Lipinski definition) is 3. The quantitative estimate of drug-likeness (QED) is 0.906. The molecule has 0 aliphatic carbocycles. The number of halogens is 2. The number of rotatable bonds is 4. The van der Waals surface area contributed by atoms with Gasteiger partial charge in [0.1, 0.15) is 5.82 Å². The van der Waals surface area contributed by atoms with Gasteiger partial charge in [0.15, 0.2) is 0 Å². The van der Waals surface area contributed by atoms with E-state index in [1.165, 1.54) is 12.1 Å². The van der Waals surface area contributed by atoms with E-state index in [0.717, 1.165) is 25.3 Å². The molecule has 1 aromatic carbocycles. The Hall–Kier alpha value is -0.500. The Morgan fingerprint density at radius 1 is 1.42 bits per heavy atom. The van der Waals surface area contributed by atoms with Crippen LogP contribution in [0.2, 0.25) is 0 Å². The Labute approximate surface area is 120 Å². The second-order valence-corrected chi connectivity index (χ2v) is 7.04. The lowest BCUT2D eigenvalue weighted by atomic mass is 10.1. The maximum atomic E-state index is 13.3. The van der Waals surface area contributed by atoms with Gasteiger partial charge in [-0.2, -0.15) is 0 Å². The molecule has 4 nitrogen and oxygen atoms in total. The minimum Gasteiger partial charge on any atom is -0.377 e. The van der Waals surface area contributed by atoms with Crippen LogP contribution < -0.4 is 4.72 Å². The Kier molecular flexibility index (Phi) is 4.94. The van der Waals surface area contributed by atoms with Gasteiger partial charge >= 0.3 is 0 Å². The molecule has 1 saturated heterocycles. The fourth-order valence-electron chi connectivity index (χ4n) is 1.90. The van der Waals surface area contributed by atoms with Crippen molar-refractivity contribution in [2.75, 3.05) is 13.2 Å². The molecule has 1 unspecified atom stereocenters. The van der Waals surface area contributed by atoms with Crippen molar-refractivity contribution in [1.29, 1.82) is 0 Å². The monoisotopic (exact) mass is 351 g/mol. The Morgan fingerprint density at radius 2 is 2.21 bits per heavy atom. The summed E-state index contributed by atoms with van der Waals surface area (Å²) in [5.41, 5.74) is 0. The Bertz CT molecular complexity index is 544. The fourth-order valence-corrected chi connectivity index (χ4v) is 3.22. The van der Waals surface area contributed by atoms with Gasteiger partial charge in [-0.1, -0.05) is 0 Å². The van der Waals surface area contributed by atoms with Crippen LogP contribution in [0.15, 0.2) is 27.6 Å². The molecule has 1 atom stereocenters. The van der Waals surface area contributed by atoms with E-state index in [2.05, 4.69) is 20.7 Å². The average molecular weight is 352 g/mol. The number of ether oxygens (including phenoxy) is 1. The van der Waals surface area contributed by atoms with Crippen molar-refractivity contribution < 1.29 is 17.5 Å². The average Bonchev–Trinajstić information content (AvgIpc) is 2.41. The van der Waals surface area contributed by atoms with Gasteiger partial charge in [0.25, 0.3) is 0 Å². The predicted octanol–water partition coefficient (Wildman–Crippen LogP) is 2.44. The molecule has 1 fully saturated rings. The number of benzene rings is 1. The van der Waals surface area contributed by atoms with Crippen LogP contribution >= 0.6 is 15.9 Å². The van der Waals surface area contributed by atoms with E-state index in [4.69, 9.17) is 4.74 Å². The lowest BCUT2D eigenvalue weighted by Crippen LogP contribution is -2.35. The van der Waals surface area contributed by atoms with Gasteiger partial charge in [-0.25, -0.2) is 17.5 Å². The highest BCUT2D eigenvalue weighted by Gasteiger charge is 2.20. The third kappa shape index (κ3) is 3.98. The molecule has 1 aliphatic rings. The first-order valence-corrected chi connectivity index (χ1v) is 8.33. The van der Waals surface area contributed by atoms with Gasteiger partial charge in [-0.15, -0.1) is 0 Å². The van der Waals surface area contributed by atoms with Crippen LogP contribution in [0.25, 0.3) is 0 Å². The molecular weight excluding hydrogens is 337 g/mol. The molecule has 1 N–H and O–H groups in total. The Morgan fingerprint density at radius 3 is 2.84 bits per heavy atom. The van der Waals surface area contributed by atoms with Crippen LogP contribution in [-0.4, -0.2) is 27.7 Å². The summed E-state index contributed by atoms with van der Waals surface area (Å²) in [7, 11) is -3.69. The highest BCUT2D eigenvalue weighted by molar-refractivity contribution is 9.10. The largest absolute Gasteiger partial charge is 0.377 e. The third-order valence-corrected chi connectivity index (χ3v) is 5.04. The van der Waals surface area contributed by atoms with Gasteiger partial charge in [-0.05, 0) is 53.4 Å². The van der Waals surface area contributed by atoms with Gasteiger partial charge in [-0.3, -0.25) is 0 Å². The summed E-state index contributed by atoms with van der Waals surface area (Å²) in [6.45, 7) is 0.888. The second-order valence-electron chi connectivity index (χ2n) is 4.42. The van der Waals surface area contributed by atoms with E-state index < -0.39 is 15.8 Å². The van der Waals surface area contributed by atoms with Gasteiger partial charge in [0, 0.05) is 13.2 Å². The van der Waals surface area contributed by atoms with Crippen molar-refractivity contribution in [3.8, 4) is 0 Å². The molecule has 0 aromatic heterocycles. The molecule has 2 rings (SSSR count). The van der Waals surface area contributed by atoms with E-state index in [0.29, 0.717) is 6.61 Å².